The summed E-state index contributed by atoms with van der Waals surface area (Å²) in [5.41, 5.74) is 0.836. The van der Waals surface area contributed by atoms with E-state index in [0.717, 1.165) is 0 Å². The number of carbonyl (C=O) groups is 1. The highest BCUT2D eigenvalue weighted by molar-refractivity contribution is 7.99. The van der Waals surface area contributed by atoms with Gasteiger partial charge < -0.3 is 0 Å². The molecule has 0 atom stereocenters. The van der Waals surface area contributed by atoms with E-state index in [9.17, 15) is 9.59 Å². The molecule has 0 saturated heterocycles. The lowest BCUT2D eigenvalue weighted by Crippen LogP contribution is -2.22. The SMILES string of the molecule is O=C(CSc1nc2ccccc2c(=O)n1-c1ccc(Cl)c(Cl)c1)c1ccc(Cl)s1. The Hall–Kier alpha value is -1.83. The minimum Gasteiger partial charge on any atom is -0.292 e. The van der Waals surface area contributed by atoms with Crippen molar-refractivity contribution in [3.05, 3.63) is 84.2 Å². The number of ketones is 1. The molecule has 146 valence electrons. The highest BCUT2D eigenvalue weighted by Gasteiger charge is 2.17. The largest absolute Gasteiger partial charge is 0.292 e. The van der Waals surface area contributed by atoms with Crippen LogP contribution in [0.15, 0.2) is 64.5 Å². The lowest BCUT2D eigenvalue weighted by atomic mass is 10.2. The molecule has 0 aliphatic rings. The first-order valence-electron chi connectivity index (χ1n) is 8.32. The summed E-state index contributed by atoms with van der Waals surface area (Å²) in [5, 5.41) is 1.57. The minimum absolute atomic E-state index is 0.0880. The predicted octanol–water partition coefficient (Wildman–Crippen LogP) is 6.38. The Bertz CT molecular complexity index is 1300. The maximum absolute atomic E-state index is 13.2. The van der Waals surface area contributed by atoms with Crippen LogP contribution in [-0.2, 0) is 0 Å². The van der Waals surface area contributed by atoms with Crippen LogP contribution in [0.3, 0.4) is 0 Å². The van der Waals surface area contributed by atoms with Gasteiger partial charge in [0.05, 0.1) is 41.6 Å². The van der Waals surface area contributed by atoms with E-state index in [2.05, 4.69) is 4.98 Å². The Kier molecular flexibility index (Phi) is 5.99. The topological polar surface area (TPSA) is 52.0 Å². The normalized spacial score (nSPS) is 11.1. The third-order valence-electron chi connectivity index (χ3n) is 4.09. The van der Waals surface area contributed by atoms with Crippen molar-refractivity contribution in [2.45, 2.75) is 5.16 Å². The zero-order chi connectivity index (χ0) is 20.5. The number of hydrogen-bond acceptors (Lipinski definition) is 5. The maximum atomic E-state index is 13.2. The van der Waals surface area contributed by atoms with Crippen LogP contribution in [0.4, 0.5) is 0 Å². The number of thiophene rings is 1. The lowest BCUT2D eigenvalue weighted by Gasteiger charge is -2.13. The third kappa shape index (κ3) is 4.22. The van der Waals surface area contributed by atoms with Gasteiger partial charge >= 0.3 is 0 Å². The smallest absolute Gasteiger partial charge is 0.266 e. The molecule has 29 heavy (non-hydrogen) atoms. The molecule has 0 unspecified atom stereocenters. The van der Waals surface area contributed by atoms with Crippen molar-refractivity contribution in [3.8, 4) is 5.69 Å². The van der Waals surface area contributed by atoms with Crippen molar-refractivity contribution in [2.75, 3.05) is 5.75 Å². The predicted molar refractivity (Wildman–Crippen MR) is 122 cm³/mol. The number of carbonyl (C=O) groups excluding carboxylic acids is 1. The molecule has 4 nitrogen and oxygen atoms in total. The van der Waals surface area contributed by atoms with Crippen LogP contribution in [0.2, 0.25) is 14.4 Å². The van der Waals surface area contributed by atoms with Gasteiger partial charge in [0.25, 0.3) is 5.56 Å². The summed E-state index contributed by atoms with van der Waals surface area (Å²) in [5.74, 6) is 0.0261. The molecule has 4 aromatic rings. The van der Waals surface area contributed by atoms with E-state index in [1.807, 2.05) is 6.07 Å². The summed E-state index contributed by atoms with van der Waals surface area (Å²) in [7, 11) is 0. The number of para-hydroxylation sites is 1. The van der Waals surface area contributed by atoms with Crippen LogP contribution < -0.4 is 5.56 Å². The second-order valence-corrected chi connectivity index (χ2v) is 9.44. The zero-order valence-corrected chi connectivity index (χ0v) is 18.5. The number of thioether (sulfide) groups is 1. The van der Waals surface area contributed by atoms with Crippen molar-refractivity contribution >= 4 is 74.6 Å². The minimum atomic E-state index is -0.247. The van der Waals surface area contributed by atoms with E-state index in [1.54, 1.807) is 48.5 Å². The number of aromatic nitrogens is 2. The number of fused-ring (bicyclic) bond motifs is 1. The number of rotatable bonds is 5. The first-order chi connectivity index (χ1) is 13.9. The zero-order valence-electron chi connectivity index (χ0n) is 14.6. The molecular weight excluding hydrogens is 471 g/mol. The van der Waals surface area contributed by atoms with Crippen molar-refractivity contribution in [3.63, 3.8) is 0 Å². The Labute approximate surface area is 189 Å². The number of benzene rings is 2. The van der Waals surface area contributed by atoms with Gasteiger partial charge in [-0.15, -0.1) is 11.3 Å². The van der Waals surface area contributed by atoms with Gasteiger partial charge in [-0.3, -0.25) is 14.2 Å². The van der Waals surface area contributed by atoms with Gasteiger partial charge in [0.1, 0.15) is 0 Å². The molecule has 0 fully saturated rings. The second kappa shape index (κ2) is 8.50. The van der Waals surface area contributed by atoms with E-state index in [4.69, 9.17) is 34.8 Å². The van der Waals surface area contributed by atoms with E-state index in [1.165, 1.54) is 27.7 Å². The fourth-order valence-corrected chi connectivity index (χ4v) is 4.99. The fraction of sp³-hybridized carbons (Fsp3) is 0.0500. The van der Waals surface area contributed by atoms with Crippen LogP contribution in [0.25, 0.3) is 16.6 Å². The molecule has 0 bridgehead atoms. The average Bonchev–Trinajstić information content (AvgIpc) is 3.15. The van der Waals surface area contributed by atoms with Gasteiger partial charge in [-0.25, -0.2) is 4.98 Å². The number of Topliss-reactive ketones (excluding diaryl/α,β-unsaturated/α-hetero) is 1. The number of hydrogen-bond donors (Lipinski definition) is 0. The molecule has 0 radical (unpaired) electrons. The Morgan fingerprint density at radius 1 is 1.03 bits per heavy atom. The van der Waals surface area contributed by atoms with Crippen LogP contribution in [0, 0.1) is 0 Å². The summed E-state index contributed by atoms with van der Waals surface area (Å²) in [4.78, 5) is 30.9. The highest BCUT2D eigenvalue weighted by atomic mass is 35.5. The molecule has 2 heterocycles. The quantitative estimate of drug-likeness (QED) is 0.188. The molecule has 0 aliphatic carbocycles. The molecule has 0 saturated carbocycles. The van der Waals surface area contributed by atoms with E-state index >= 15 is 0 Å². The average molecular weight is 482 g/mol. The van der Waals surface area contributed by atoms with Gasteiger partial charge in [0.2, 0.25) is 0 Å². The van der Waals surface area contributed by atoms with E-state index in [0.29, 0.717) is 41.0 Å². The summed E-state index contributed by atoms with van der Waals surface area (Å²) >= 11 is 20.5. The van der Waals surface area contributed by atoms with Gasteiger partial charge in [-0.1, -0.05) is 58.7 Å². The van der Waals surface area contributed by atoms with Crippen molar-refractivity contribution in [1.82, 2.24) is 9.55 Å². The van der Waals surface area contributed by atoms with Crippen LogP contribution >= 0.6 is 57.9 Å². The number of halogens is 3. The standard InChI is InChI=1S/C20H11Cl3N2O2S2/c21-13-6-5-11(9-14(13)22)25-19(27)12-3-1-2-4-15(12)24-20(25)28-10-16(26)17-7-8-18(23)29-17/h1-9H,10H2. The van der Waals surface area contributed by atoms with Gasteiger partial charge in [-0.2, -0.15) is 0 Å². The second-order valence-electron chi connectivity index (χ2n) is 5.97. The summed E-state index contributed by atoms with van der Waals surface area (Å²) in [6.45, 7) is 0. The highest BCUT2D eigenvalue weighted by Crippen LogP contribution is 2.28. The van der Waals surface area contributed by atoms with Crippen molar-refractivity contribution in [1.29, 1.82) is 0 Å². The lowest BCUT2D eigenvalue weighted by molar-refractivity contribution is 0.102. The molecular formula is C20H11Cl3N2O2S2. The molecule has 2 aromatic carbocycles. The summed E-state index contributed by atoms with van der Waals surface area (Å²) in [6.07, 6.45) is 0. The molecule has 0 spiro atoms. The van der Waals surface area contributed by atoms with Crippen molar-refractivity contribution < 1.29 is 4.79 Å². The molecule has 0 amide bonds. The fourth-order valence-electron chi connectivity index (χ4n) is 2.73. The van der Waals surface area contributed by atoms with Crippen molar-refractivity contribution in [2.24, 2.45) is 0 Å². The molecule has 0 N–H and O–H groups in total. The van der Waals surface area contributed by atoms with E-state index < -0.39 is 0 Å². The molecule has 4 rings (SSSR count). The summed E-state index contributed by atoms with van der Waals surface area (Å²) < 4.78 is 2.00. The third-order valence-corrected chi connectivity index (χ3v) is 7.04. The first-order valence-corrected chi connectivity index (χ1v) is 11.3. The molecule has 0 aliphatic heterocycles. The number of nitrogens with zero attached hydrogens (tertiary/aromatic N) is 2. The molecule has 2 aromatic heterocycles. The molecule has 9 heteroatoms. The Morgan fingerprint density at radius 2 is 1.83 bits per heavy atom. The van der Waals surface area contributed by atoms with Gasteiger partial charge in [0.15, 0.2) is 10.9 Å². The van der Waals surface area contributed by atoms with Gasteiger partial charge in [0, 0.05) is 0 Å². The Balaban J connectivity index is 1.80. The first kappa shape index (κ1) is 20.4. The monoisotopic (exact) mass is 480 g/mol. The maximum Gasteiger partial charge on any atom is 0.266 e. The van der Waals surface area contributed by atoms with Crippen LogP contribution in [0.5, 0.6) is 0 Å². The van der Waals surface area contributed by atoms with Gasteiger partial charge in [-0.05, 0) is 42.5 Å². The Morgan fingerprint density at radius 3 is 2.55 bits per heavy atom. The summed E-state index contributed by atoms with van der Waals surface area (Å²) in [6, 6.07) is 15.4. The van der Waals surface area contributed by atoms with Crippen LogP contribution in [0.1, 0.15) is 9.67 Å². The van der Waals surface area contributed by atoms with E-state index in [-0.39, 0.29) is 17.1 Å². The van der Waals surface area contributed by atoms with Crippen LogP contribution in [-0.4, -0.2) is 21.1 Å².